The van der Waals surface area contributed by atoms with Crippen LogP contribution in [0.1, 0.15) is 41.8 Å². The Hall–Kier alpha value is -3.07. The van der Waals surface area contributed by atoms with Gasteiger partial charge in [-0.3, -0.25) is 19.1 Å². The van der Waals surface area contributed by atoms with Gasteiger partial charge in [0.2, 0.25) is 0 Å². The first-order chi connectivity index (χ1) is 16.7. The molecule has 0 bridgehead atoms. The number of fused-ring (bicyclic) bond motifs is 1. The summed E-state index contributed by atoms with van der Waals surface area (Å²) in [5, 5.41) is 13.1. The van der Waals surface area contributed by atoms with E-state index in [0.717, 1.165) is 11.1 Å². The van der Waals surface area contributed by atoms with E-state index in [4.69, 9.17) is 9.05 Å². The fourth-order valence-electron chi connectivity index (χ4n) is 3.82. The number of nitrogens with zero attached hydrogens (tertiary/aromatic N) is 2. The highest BCUT2D eigenvalue weighted by molar-refractivity contribution is 7.53. The number of aromatic hydroxyl groups is 1. The zero-order chi connectivity index (χ0) is 25.6. The molecule has 9 nitrogen and oxygen atoms in total. The highest BCUT2D eigenvalue weighted by atomic mass is 31.2. The molecule has 0 unspecified atom stereocenters. The molecule has 2 aromatic heterocycles. The number of aryl methyl sites for hydroxylation is 1. The molecule has 0 fully saturated rings. The molecule has 188 valence electrons. The Morgan fingerprint density at radius 2 is 1.83 bits per heavy atom. The van der Waals surface area contributed by atoms with Gasteiger partial charge in [0.25, 0.3) is 11.5 Å². The molecule has 1 amide bonds. The normalized spacial score (nSPS) is 11.7. The number of pyridine rings is 2. The van der Waals surface area contributed by atoms with E-state index in [1.165, 1.54) is 29.9 Å². The lowest BCUT2D eigenvalue weighted by Crippen LogP contribution is -2.32. The van der Waals surface area contributed by atoms with Crippen molar-refractivity contribution in [2.45, 2.75) is 33.2 Å². The van der Waals surface area contributed by atoms with Gasteiger partial charge in [-0.2, -0.15) is 0 Å². The van der Waals surface area contributed by atoms with Crippen LogP contribution >= 0.6 is 7.60 Å². The summed E-state index contributed by atoms with van der Waals surface area (Å²) in [4.78, 5) is 29.9. The minimum Gasteiger partial charge on any atom is -0.505 e. The van der Waals surface area contributed by atoms with Crippen molar-refractivity contribution < 1.29 is 27.9 Å². The zero-order valence-electron chi connectivity index (χ0n) is 19.9. The third kappa shape index (κ3) is 6.14. The predicted octanol–water partition coefficient (Wildman–Crippen LogP) is 3.85. The Balaban J connectivity index is 2.04. The molecule has 1 aromatic carbocycles. The maximum atomic E-state index is 13.3. The van der Waals surface area contributed by atoms with Gasteiger partial charge >= 0.3 is 7.60 Å². The van der Waals surface area contributed by atoms with Gasteiger partial charge in [-0.1, -0.05) is 12.1 Å². The number of hydrogen-bond donors (Lipinski definition) is 2. The molecule has 3 aromatic rings. The molecule has 0 saturated carbocycles. The first kappa shape index (κ1) is 26.5. The molecule has 2 heterocycles. The van der Waals surface area contributed by atoms with Gasteiger partial charge in [-0.25, -0.2) is 4.39 Å². The van der Waals surface area contributed by atoms with Crippen LogP contribution in [0.25, 0.3) is 11.0 Å². The summed E-state index contributed by atoms with van der Waals surface area (Å²) in [6, 6.07) is 7.72. The number of halogens is 1. The monoisotopic (exact) mass is 505 g/mol. The predicted molar refractivity (Wildman–Crippen MR) is 131 cm³/mol. The van der Waals surface area contributed by atoms with Crippen LogP contribution in [0.15, 0.2) is 41.3 Å². The number of nitrogens with one attached hydrogen (secondary N) is 1. The topological polar surface area (TPSA) is 120 Å². The van der Waals surface area contributed by atoms with Crippen molar-refractivity contribution in [1.29, 1.82) is 0 Å². The van der Waals surface area contributed by atoms with Crippen molar-refractivity contribution in [1.82, 2.24) is 14.9 Å². The molecular formula is C24H29FN3O6P. The van der Waals surface area contributed by atoms with Crippen molar-refractivity contribution in [3.63, 3.8) is 0 Å². The second kappa shape index (κ2) is 11.6. The summed E-state index contributed by atoms with van der Waals surface area (Å²) in [5.74, 6) is -1.60. The van der Waals surface area contributed by atoms with Gasteiger partial charge in [-0.05, 0) is 56.0 Å². The van der Waals surface area contributed by atoms with Crippen LogP contribution in [0.5, 0.6) is 5.75 Å². The van der Waals surface area contributed by atoms with Crippen LogP contribution in [0.2, 0.25) is 0 Å². The Morgan fingerprint density at radius 1 is 1.17 bits per heavy atom. The van der Waals surface area contributed by atoms with E-state index in [9.17, 15) is 23.7 Å². The lowest BCUT2D eigenvalue weighted by atomic mass is 10.1. The molecule has 0 atom stereocenters. The Morgan fingerprint density at radius 3 is 2.43 bits per heavy atom. The van der Waals surface area contributed by atoms with Gasteiger partial charge in [0, 0.05) is 19.8 Å². The summed E-state index contributed by atoms with van der Waals surface area (Å²) in [6.07, 6.45) is 2.28. The number of aromatic nitrogens is 2. The van der Waals surface area contributed by atoms with Crippen LogP contribution in [-0.4, -0.2) is 47.0 Å². The highest BCUT2D eigenvalue weighted by Gasteiger charge is 2.25. The average Bonchev–Trinajstić information content (AvgIpc) is 2.83. The second-order valence-corrected chi connectivity index (χ2v) is 9.98. The van der Waals surface area contributed by atoms with Crippen molar-refractivity contribution in [2.75, 3.05) is 26.4 Å². The molecule has 0 spiro atoms. The number of amides is 1. The van der Waals surface area contributed by atoms with E-state index in [2.05, 4.69) is 10.3 Å². The van der Waals surface area contributed by atoms with Crippen molar-refractivity contribution in [3.05, 3.63) is 69.4 Å². The van der Waals surface area contributed by atoms with Gasteiger partial charge in [0.05, 0.1) is 24.9 Å². The van der Waals surface area contributed by atoms with Gasteiger partial charge in [-0.15, -0.1) is 0 Å². The van der Waals surface area contributed by atoms with E-state index in [1.807, 2.05) is 0 Å². The Labute approximate surface area is 202 Å². The first-order valence-electron chi connectivity index (χ1n) is 11.3. The molecule has 0 saturated heterocycles. The van der Waals surface area contributed by atoms with Crippen LogP contribution in [-0.2, 0) is 26.6 Å². The lowest BCUT2D eigenvalue weighted by Gasteiger charge is -2.18. The molecule has 0 radical (unpaired) electrons. The van der Waals surface area contributed by atoms with E-state index in [-0.39, 0.29) is 43.7 Å². The lowest BCUT2D eigenvalue weighted by molar-refractivity contribution is 0.0958. The molecule has 11 heteroatoms. The van der Waals surface area contributed by atoms with Crippen LogP contribution < -0.4 is 10.9 Å². The second-order valence-electron chi connectivity index (χ2n) is 7.80. The minimum absolute atomic E-state index is 0.0709. The third-order valence-electron chi connectivity index (χ3n) is 5.38. The summed E-state index contributed by atoms with van der Waals surface area (Å²) in [7, 11) is -1.97. The van der Waals surface area contributed by atoms with Crippen LogP contribution in [0.4, 0.5) is 4.39 Å². The number of carbonyl (C=O) groups excluding carboxylic acids is 1. The Bertz CT molecular complexity index is 1300. The average molecular weight is 505 g/mol. The maximum Gasteiger partial charge on any atom is 0.330 e. The summed E-state index contributed by atoms with van der Waals surface area (Å²) >= 11 is 0. The molecular weight excluding hydrogens is 476 g/mol. The molecule has 0 aliphatic carbocycles. The van der Waals surface area contributed by atoms with Gasteiger partial charge in [0.15, 0.2) is 5.75 Å². The number of carbonyl (C=O) groups is 1. The number of benzene rings is 1. The quantitative estimate of drug-likeness (QED) is 0.380. The van der Waals surface area contributed by atoms with Gasteiger partial charge < -0.3 is 24.0 Å². The smallest absolute Gasteiger partial charge is 0.330 e. The number of hydrogen-bond acceptors (Lipinski definition) is 7. The van der Waals surface area contributed by atoms with Crippen LogP contribution in [0.3, 0.4) is 0 Å². The highest BCUT2D eigenvalue weighted by Crippen LogP contribution is 2.48. The van der Waals surface area contributed by atoms with E-state index < -0.39 is 30.4 Å². The maximum absolute atomic E-state index is 13.3. The van der Waals surface area contributed by atoms with Crippen molar-refractivity contribution in [3.8, 4) is 5.75 Å². The molecule has 0 aliphatic heterocycles. The van der Waals surface area contributed by atoms with Crippen molar-refractivity contribution >= 4 is 24.5 Å². The largest absolute Gasteiger partial charge is 0.505 e. The van der Waals surface area contributed by atoms with E-state index in [0.29, 0.717) is 11.9 Å². The molecule has 35 heavy (non-hydrogen) atoms. The zero-order valence-corrected chi connectivity index (χ0v) is 20.8. The molecule has 3 rings (SSSR count). The number of rotatable bonds is 11. The SMILES string of the molecule is CCOP(=O)(CCCn1c(=O)c(C(=O)NC)c(O)c2ncc(Cc3ccc(F)cc3)cc21)OCC. The van der Waals surface area contributed by atoms with Crippen molar-refractivity contribution in [2.24, 2.45) is 0 Å². The molecule has 2 N–H and O–H groups in total. The fourth-order valence-corrected chi connectivity index (χ4v) is 5.46. The van der Waals surface area contributed by atoms with E-state index in [1.54, 1.807) is 32.0 Å². The summed E-state index contributed by atoms with van der Waals surface area (Å²) < 4.78 is 38.1. The van der Waals surface area contributed by atoms with Gasteiger partial charge in [0.1, 0.15) is 16.9 Å². The summed E-state index contributed by atoms with van der Waals surface area (Å²) in [6.45, 7) is 3.96. The first-order valence-corrected chi connectivity index (χ1v) is 13.0. The standard InChI is InChI=1S/C24H29FN3O6P/c1-4-33-35(32,34-5-2)12-6-11-28-19-14-17(13-16-7-9-18(25)10-8-16)15-27-21(19)22(29)20(24(28)31)23(30)26-3/h7-10,14-15,29H,4-6,11-13H2,1-3H3,(H,26,30). The van der Waals surface area contributed by atoms with E-state index >= 15 is 0 Å². The molecule has 0 aliphatic rings. The third-order valence-corrected chi connectivity index (χ3v) is 7.54. The fraction of sp³-hybridized carbons (Fsp3) is 0.375. The summed E-state index contributed by atoms with van der Waals surface area (Å²) in [5.41, 5.74) is 0.848. The minimum atomic E-state index is -3.33. The van der Waals surface area contributed by atoms with Crippen LogP contribution in [0, 0.1) is 5.82 Å². The Kier molecular flexibility index (Phi) is 8.77.